The Hall–Kier alpha value is -2.49. The highest BCUT2D eigenvalue weighted by Gasteiger charge is 2.83. The number of hydrogen-bond acceptors (Lipinski definition) is 5. The molecular formula is C20H21N2O6S+. The van der Waals surface area contributed by atoms with Crippen molar-refractivity contribution in [2.45, 2.75) is 43.2 Å². The van der Waals surface area contributed by atoms with Gasteiger partial charge in [-0.05, 0) is 26.0 Å². The number of benzene rings is 1. The summed E-state index contributed by atoms with van der Waals surface area (Å²) >= 11 is 0. The summed E-state index contributed by atoms with van der Waals surface area (Å²) in [6, 6.07) is 7.63. The smallest absolute Gasteiger partial charge is 0.325 e. The third kappa shape index (κ3) is 2.12. The molecule has 8 nitrogen and oxygen atoms in total. The highest BCUT2D eigenvalue weighted by Crippen LogP contribution is 2.66. The largest absolute Gasteiger partial charge is 0.439 e. The van der Waals surface area contributed by atoms with Gasteiger partial charge in [0.1, 0.15) is 11.4 Å². The normalized spacial score (nSPS) is 33.9. The van der Waals surface area contributed by atoms with Crippen LogP contribution in [-0.2, 0) is 20.3 Å². The van der Waals surface area contributed by atoms with Crippen molar-refractivity contribution in [1.29, 1.82) is 0 Å². The molecule has 152 valence electrons. The number of nitro groups is 1. The highest BCUT2D eigenvalue weighted by molar-refractivity contribution is 7.86. The van der Waals surface area contributed by atoms with Crippen molar-refractivity contribution in [2.75, 3.05) is 6.54 Å². The van der Waals surface area contributed by atoms with Crippen molar-refractivity contribution in [1.82, 2.24) is 4.48 Å². The van der Waals surface area contributed by atoms with Gasteiger partial charge in [0.05, 0.1) is 10.3 Å². The molecule has 2 spiro atoms. The Morgan fingerprint density at radius 1 is 1.28 bits per heavy atom. The van der Waals surface area contributed by atoms with Gasteiger partial charge in [0.15, 0.2) is 6.54 Å². The first-order chi connectivity index (χ1) is 13.5. The van der Waals surface area contributed by atoms with Gasteiger partial charge in [0.25, 0.3) is 11.1 Å². The Kier molecular flexibility index (Phi) is 3.42. The summed E-state index contributed by atoms with van der Waals surface area (Å²) in [5.41, 5.74) is 0.918. The first-order valence-electron chi connectivity index (χ1n) is 9.45. The standard InChI is InChI=1S/C20H20N2O6S/c1-19(2)15-5-3-4-6-16(15)22(12-18(22)29(25,26)27)20(19)10-9-13-11-14(21(23)24)7-8-17(13)28-20/h3-6,9-11,18H,7-8,12H2,1-2H3/p+1/t18?,20-,22?/m1/s1. The lowest BCUT2D eigenvalue weighted by Gasteiger charge is -2.44. The second kappa shape index (κ2) is 5.35. The molecule has 1 aromatic carbocycles. The van der Waals surface area contributed by atoms with Crippen molar-refractivity contribution >= 4 is 15.8 Å². The molecular weight excluding hydrogens is 396 g/mol. The van der Waals surface area contributed by atoms with Crippen molar-refractivity contribution in [3.05, 3.63) is 75.2 Å². The minimum atomic E-state index is -4.30. The lowest BCUT2D eigenvalue weighted by Crippen LogP contribution is -2.61. The van der Waals surface area contributed by atoms with Crippen molar-refractivity contribution in [3.63, 3.8) is 0 Å². The van der Waals surface area contributed by atoms with Crippen molar-refractivity contribution in [2.24, 2.45) is 0 Å². The van der Waals surface area contributed by atoms with Gasteiger partial charge >= 0.3 is 10.1 Å². The van der Waals surface area contributed by atoms with Crippen LogP contribution in [0, 0.1) is 10.1 Å². The van der Waals surface area contributed by atoms with Gasteiger partial charge in [-0.3, -0.25) is 14.7 Å². The van der Waals surface area contributed by atoms with Crippen LogP contribution >= 0.6 is 0 Å². The summed E-state index contributed by atoms with van der Waals surface area (Å²) in [5, 5.41) is 10.1. The third-order valence-electron chi connectivity index (χ3n) is 6.90. The Labute approximate surface area is 168 Å². The van der Waals surface area contributed by atoms with Crippen molar-refractivity contribution in [3.8, 4) is 0 Å². The minimum absolute atomic E-state index is 0.0197. The SMILES string of the molecule is CC1(C)c2ccccc2[N+]2(CC2S(=O)(=O)O)[C@@]12C=CC1=C(CCC([N+](=O)[O-])=C1)O2. The fourth-order valence-electron chi connectivity index (χ4n) is 5.43. The molecule has 0 amide bonds. The lowest BCUT2D eigenvalue weighted by atomic mass is 9.76. The molecule has 0 radical (unpaired) electrons. The zero-order valence-corrected chi connectivity index (χ0v) is 16.8. The molecule has 2 unspecified atom stereocenters. The van der Waals surface area contributed by atoms with Gasteiger partial charge in [0, 0.05) is 36.1 Å². The van der Waals surface area contributed by atoms with Crippen LogP contribution in [0.4, 0.5) is 5.69 Å². The zero-order valence-electron chi connectivity index (χ0n) is 16.0. The quantitative estimate of drug-likeness (QED) is 0.261. The number of rotatable bonds is 2. The third-order valence-corrected chi connectivity index (χ3v) is 8.09. The summed E-state index contributed by atoms with van der Waals surface area (Å²) in [4.78, 5) is 10.8. The second-order valence-electron chi connectivity index (χ2n) is 8.57. The van der Waals surface area contributed by atoms with E-state index in [9.17, 15) is 23.1 Å². The van der Waals surface area contributed by atoms with Crippen LogP contribution in [0.1, 0.15) is 32.3 Å². The maximum atomic E-state index is 12.2. The van der Waals surface area contributed by atoms with Crippen LogP contribution < -0.4 is 4.48 Å². The molecule has 1 aliphatic carbocycles. The fourth-order valence-corrected chi connectivity index (χ4v) is 6.58. The van der Waals surface area contributed by atoms with Gasteiger partial charge in [0.2, 0.25) is 5.70 Å². The van der Waals surface area contributed by atoms with E-state index in [1.54, 1.807) is 6.08 Å². The van der Waals surface area contributed by atoms with E-state index < -0.39 is 26.6 Å². The lowest BCUT2D eigenvalue weighted by molar-refractivity contribution is -0.428. The summed E-state index contributed by atoms with van der Waals surface area (Å²) < 4.78 is 40.8. The Morgan fingerprint density at radius 3 is 2.66 bits per heavy atom. The summed E-state index contributed by atoms with van der Waals surface area (Å²) in [7, 11) is -4.30. The van der Waals surface area contributed by atoms with E-state index in [4.69, 9.17) is 4.74 Å². The average Bonchev–Trinajstić information content (AvgIpc) is 3.42. The highest BCUT2D eigenvalue weighted by atomic mass is 32.2. The van der Waals surface area contributed by atoms with Crippen LogP contribution in [-0.4, -0.2) is 35.5 Å². The van der Waals surface area contributed by atoms with Crippen molar-refractivity contribution < 1.29 is 22.6 Å². The van der Waals surface area contributed by atoms with Crippen LogP contribution in [0.3, 0.4) is 0 Å². The van der Waals surface area contributed by atoms with E-state index in [2.05, 4.69) is 0 Å². The Bertz CT molecular complexity index is 1170. The molecule has 4 aliphatic rings. The van der Waals surface area contributed by atoms with Crippen LogP contribution in [0.15, 0.2) is 59.5 Å². The van der Waals surface area contributed by atoms with E-state index in [1.165, 1.54) is 6.08 Å². The number of nitrogens with zero attached hydrogens (tertiary/aromatic N) is 2. The van der Waals surface area contributed by atoms with Gasteiger partial charge in [-0.15, -0.1) is 0 Å². The molecule has 0 aromatic heterocycles. The fraction of sp³-hybridized carbons (Fsp3) is 0.400. The molecule has 9 heteroatoms. The molecule has 0 bridgehead atoms. The van der Waals surface area contributed by atoms with Crippen LogP contribution in [0.5, 0.6) is 0 Å². The molecule has 1 aromatic rings. The maximum absolute atomic E-state index is 12.2. The Balaban J connectivity index is 1.70. The number of quaternary nitrogens is 1. The Morgan fingerprint density at radius 2 is 2.00 bits per heavy atom. The van der Waals surface area contributed by atoms with E-state index in [0.717, 1.165) is 11.3 Å². The summed E-state index contributed by atoms with van der Waals surface area (Å²) in [6.07, 6.45) is 5.77. The average molecular weight is 417 g/mol. The molecule has 5 rings (SSSR count). The van der Waals surface area contributed by atoms with Gasteiger partial charge < -0.3 is 4.74 Å². The molecule has 0 saturated carbocycles. The number of ether oxygens (including phenoxy) is 1. The van der Waals surface area contributed by atoms with E-state index in [0.29, 0.717) is 17.8 Å². The zero-order chi connectivity index (χ0) is 20.8. The molecule has 29 heavy (non-hydrogen) atoms. The maximum Gasteiger partial charge on any atom is 0.325 e. The van der Waals surface area contributed by atoms with E-state index >= 15 is 0 Å². The molecule has 3 heterocycles. The second-order valence-corrected chi connectivity index (χ2v) is 10.1. The number of allylic oxidation sites excluding steroid dienone is 5. The summed E-state index contributed by atoms with van der Waals surface area (Å²) in [6.45, 7) is 4.23. The molecule has 1 saturated heterocycles. The van der Waals surface area contributed by atoms with E-state index in [1.807, 2.05) is 44.2 Å². The molecule has 1 N–H and O–H groups in total. The van der Waals surface area contributed by atoms with Gasteiger partial charge in [-0.2, -0.15) is 8.42 Å². The molecule has 3 atom stereocenters. The van der Waals surface area contributed by atoms with E-state index in [-0.39, 0.29) is 28.1 Å². The predicted octanol–water partition coefficient (Wildman–Crippen LogP) is 3.00. The summed E-state index contributed by atoms with van der Waals surface area (Å²) in [5.74, 6) is 0.623. The van der Waals surface area contributed by atoms with Gasteiger partial charge in [-0.25, -0.2) is 4.48 Å². The minimum Gasteiger partial charge on any atom is -0.439 e. The van der Waals surface area contributed by atoms with Crippen LogP contribution in [0.25, 0.3) is 0 Å². The number of para-hydroxylation sites is 1. The number of fused-ring (bicyclic) bond motifs is 3. The predicted molar refractivity (Wildman–Crippen MR) is 106 cm³/mol. The first kappa shape index (κ1) is 18.5. The first-order valence-corrected chi connectivity index (χ1v) is 11.0. The van der Waals surface area contributed by atoms with Crippen LogP contribution in [0.2, 0.25) is 0 Å². The molecule has 3 aliphatic heterocycles. The topological polar surface area (TPSA) is 107 Å². The monoisotopic (exact) mass is 417 g/mol. The van der Waals surface area contributed by atoms with Gasteiger partial charge in [-0.1, -0.05) is 18.2 Å². The molecule has 1 fully saturated rings. The number of hydrogen-bond donors (Lipinski definition) is 1.